The Labute approximate surface area is 138 Å². The zero-order valence-electron chi connectivity index (χ0n) is 12.5. The van der Waals surface area contributed by atoms with E-state index in [1.807, 2.05) is 25.1 Å². The van der Waals surface area contributed by atoms with Crippen LogP contribution in [-0.4, -0.2) is 16.6 Å². The van der Waals surface area contributed by atoms with Gasteiger partial charge in [0, 0.05) is 33.8 Å². The molecular formula is C18H19BrN2O. The largest absolute Gasteiger partial charge is 0.392 e. The maximum atomic E-state index is 9.38. The second kappa shape index (κ2) is 6.55. The smallest absolute Gasteiger partial charge is 0.0685 e. The maximum absolute atomic E-state index is 9.38. The van der Waals surface area contributed by atoms with Crippen molar-refractivity contribution in [3.05, 3.63) is 63.8 Å². The number of aromatic amines is 1. The Hall–Kier alpha value is -1.78. The number of benzene rings is 2. The van der Waals surface area contributed by atoms with Crippen molar-refractivity contribution in [2.24, 2.45) is 0 Å². The van der Waals surface area contributed by atoms with Gasteiger partial charge in [0.2, 0.25) is 0 Å². The molecule has 4 heteroatoms. The number of anilines is 1. The molecule has 0 bridgehead atoms. The molecule has 0 aliphatic heterocycles. The second-order valence-electron chi connectivity index (χ2n) is 5.45. The van der Waals surface area contributed by atoms with Crippen molar-refractivity contribution < 1.29 is 5.11 Å². The summed E-state index contributed by atoms with van der Waals surface area (Å²) in [5.41, 5.74) is 5.56. The van der Waals surface area contributed by atoms with Crippen molar-refractivity contribution in [2.75, 3.05) is 11.9 Å². The van der Waals surface area contributed by atoms with Gasteiger partial charge in [-0.05, 0) is 64.2 Å². The zero-order chi connectivity index (χ0) is 15.5. The average molecular weight is 359 g/mol. The minimum absolute atomic E-state index is 0.0657. The van der Waals surface area contributed by atoms with Gasteiger partial charge < -0.3 is 15.4 Å². The van der Waals surface area contributed by atoms with Crippen molar-refractivity contribution >= 4 is 32.5 Å². The molecule has 22 heavy (non-hydrogen) atoms. The number of para-hydroxylation sites is 1. The fourth-order valence-corrected chi connectivity index (χ4v) is 3.29. The molecule has 1 heterocycles. The van der Waals surface area contributed by atoms with Crippen LogP contribution in [0.5, 0.6) is 0 Å². The maximum Gasteiger partial charge on any atom is 0.0685 e. The van der Waals surface area contributed by atoms with Gasteiger partial charge in [-0.3, -0.25) is 0 Å². The van der Waals surface area contributed by atoms with Crippen LogP contribution in [0.25, 0.3) is 10.9 Å². The third kappa shape index (κ3) is 3.03. The first-order valence-electron chi connectivity index (χ1n) is 7.38. The highest BCUT2D eigenvalue weighted by Crippen LogP contribution is 2.27. The number of fused-ring (bicyclic) bond motifs is 1. The SMILES string of the molecule is Cc1cc(Br)c(NCCc2c[nH]c3ccccc23)cc1CO. The molecule has 0 fully saturated rings. The molecule has 3 rings (SSSR count). The third-order valence-corrected chi connectivity index (χ3v) is 4.64. The van der Waals surface area contributed by atoms with Gasteiger partial charge in [0.05, 0.1) is 6.61 Å². The Bertz CT molecular complexity index is 795. The number of hydrogen-bond acceptors (Lipinski definition) is 2. The van der Waals surface area contributed by atoms with Crippen molar-refractivity contribution in [3.63, 3.8) is 0 Å². The highest BCUT2D eigenvalue weighted by molar-refractivity contribution is 9.10. The number of aliphatic hydroxyl groups excluding tert-OH is 1. The molecular weight excluding hydrogens is 340 g/mol. The summed E-state index contributed by atoms with van der Waals surface area (Å²) in [7, 11) is 0. The summed E-state index contributed by atoms with van der Waals surface area (Å²) in [5.74, 6) is 0. The van der Waals surface area contributed by atoms with E-state index >= 15 is 0 Å². The summed E-state index contributed by atoms with van der Waals surface area (Å²) in [6.45, 7) is 2.91. The highest BCUT2D eigenvalue weighted by Gasteiger charge is 2.06. The van der Waals surface area contributed by atoms with E-state index in [2.05, 4.69) is 50.6 Å². The number of aromatic nitrogens is 1. The minimum atomic E-state index is 0.0657. The Kier molecular flexibility index (Phi) is 4.50. The van der Waals surface area contributed by atoms with Gasteiger partial charge in [-0.15, -0.1) is 0 Å². The summed E-state index contributed by atoms with van der Waals surface area (Å²) < 4.78 is 1.03. The Morgan fingerprint density at radius 2 is 2.00 bits per heavy atom. The Balaban J connectivity index is 1.71. The molecule has 0 aliphatic carbocycles. The number of hydrogen-bond donors (Lipinski definition) is 3. The Morgan fingerprint density at radius 1 is 1.18 bits per heavy atom. The molecule has 3 aromatic rings. The first kappa shape index (κ1) is 15.1. The quantitative estimate of drug-likeness (QED) is 0.633. The zero-order valence-corrected chi connectivity index (χ0v) is 14.1. The van der Waals surface area contributed by atoms with E-state index in [0.29, 0.717) is 0 Å². The molecule has 1 aromatic heterocycles. The fraction of sp³-hybridized carbons (Fsp3) is 0.222. The van der Waals surface area contributed by atoms with Gasteiger partial charge in [-0.1, -0.05) is 18.2 Å². The molecule has 0 aliphatic rings. The van der Waals surface area contributed by atoms with Crippen molar-refractivity contribution in [2.45, 2.75) is 20.0 Å². The number of nitrogens with one attached hydrogen (secondary N) is 2. The molecule has 0 amide bonds. The van der Waals surface area contributed by atoms with Crippen molar-refractivity contribution in [3.8, 4) is 0 Å². The molecule has 3 nitrogen and oxygen atoms in total. The lowest BCUT2D eigenvalue weighted by Crippen LogP contribution is -2.06. The van der Waals surface area contributed by atoms with E-state index < -0.39 is 0 Å². The predicted octanol–water partition coefficient (Wildman–Crippen LogP) is 4.39. The fourth-order valence-electron chi connectivity index (χ4n) is 2.69. The van der Waals surface area contributed by atoms with Gasteiger partial charge in [-0.25, -0.2) is 0 Å². The van der Waals surface area contributed by atoms with Crippen molar-refractivity contribution in [1.29, 1.82) is 0 Å². The number of aryl methyl sites for hydroxylation is 1. The number of aliphatic hydroxyl groups is 1. The van der Waals surface area contributed by atoms with E-state index in [1.165, 1.54) is 16.5 Å². The average Bonchev–Trinajstić information content (AvgIpc) is 2.93. The van der Waals surface area contributed by atoms with Crippen LogP contribution >= 0.6 is 15.9 Å². The van der Waals surface area contributed by atoms with Gasteiger partial charge >= 0.3 is 0 Å². The molecule has 0 unspecified atom stereocenters. The van der Waals surface area contributed by atoms with Crippen LogP contribution < -0.4 is 5.32 Å². The van der Waals surface area contributed by atoms with Gasteiger partial charge in [0.1, 0.15) is 0 Å². The predicted molar refractivity (Wildman–Crippen MR) is 95.3 cm³/mol. The lowest BCUT2D eigenvalue weighted by atomic mass is 10.1. The molecule has 114 valence electrons. The topological polar surface area (TPSA) is 48.0 Å². The molecule has 3 N–H and O–H groups in total. The van der Waals surface area contributed by atoms with Crippen molar-refractivity contribution in [1.82, 2.24) is 4.98 Å². The lowest BCUT2D eigenvalue weighted by molar-refractivity contribution is 0.281. The first-order chi connectivity index (χ1) is 10.7. The summed E-state index contributed by atoms with van der Waals surface area (Å²) in [6.07, 6.45) is 3.02. The van der Waals surface area contributed by atoms with Crippen LogP contribution in [0, 0.1) is 6.92 Å². The van der Waals surface area contributed by atoms with Gasteiger partial charge in [-0.2, -0.15) is 0 Å². The summed E-state index contributed by atoms with van der Waals surface area (Å²) in [6, 6.07) is 12.4. The molecule has 0 saturated heterocycles. The molecule has 0 atom stereocenters. The first-order valence-corrected chi connectivity index (χ1v) is 8.17. The summed E-state index contributed by atoms with van der Waals surface area (Å²) in [4.78, 5) is 3.30. The van der Waals surface area contributed by atoms with Crippen LogP contribution in [0.3, 0.4) is 0 Å². The minimum Gasteiger partial charge on any atom is -0.392 e. The summed E-state index contributed by atoms with van der Waals surface area (Å²) >= 11 is 3.58. The van der Waals surface area contributed by atoms with Crippen LogP contribution in [-0.2, 0) is 13.0 Å². The monoisotopic (exact) mass is 358 g/mol. The van der Waals surface area contributed by atoms with Crippen LogP contribution in [0.4, 0.5) is 5.69 Å². The van der Waals surface area contributed by atoms with Gasteiger partial charge in [0.25, 0.3) is 0 Å². The third-order valence-electron chi connectivity index (χ3n) is 3.98. The number of H-pyrrole nitrogens is 1. The van der Waals surface area contributed by atoms with E-state index in [9.17, 15) is 5.11 Å². The number of halogens is 1. The van der Waals surface area contributed by atoms with Gasteiger partial charge in [0.15, 0.2) is 0 Å². The van der Waals surface area contributed by atoms with Crippen LogP contribution in [0.15, 0.2) is 47.1 Å². The summed E-state index contributed by atoms with van der Waals surface area (Å²) in [5, 5.41) is 14.1. The van der Waals surface area contributed by atoms with E-state index in [4.69, 9.17) is 0 Å². The number of rotatable bonds is 5. The molecule has 0 saturated carbocycles. The highest BCUT2D eigenvalue weighted by atomic mass is 79.9. The molecule has 2 aromatic carbocycles. The second-order valence-corrected chi connectivity index (χ2v) is 6.31. The lowest BCUT2D eigenvalue weighted by Gasteiger charge is -2.12. The van der Waals surface area contributed by atoms with E-state index in [-0.39, 0.29) is 6.61 Å². The molecule has 0 spiro atoms. The van der Waals surface area contributed by atoms with Crippen LogP contribution in [0.1, 0.15) is 16.7 Å². The normalized spacial score (nSPS) is 11.0. The standard InChI is InChI=1S/C18H19BrN2O/c1-12-8-16(19)18(9-14(12)11-22)20-7-6-13-10-21-17-5-3-2-4-15(13)17/h2-5,8-10,20-22H,6-7,11H2,1H3. The van der Waals surface area contributed by atoms with Crippen LogP contribution in [0.2, 0.25) is 0 Å². The molecule has 0 radical (unpaired) electrons. The Morgan fingerprint density at radius 3 is 2.82 bits per heavy atom. The van der Waals surface area contributed by atoms with E-state index in [0.717, 1.165) is 34.3 Å². The van der Waals surface area contributed by atoms with E-state index in [1.54, 1.807) is 0 Å².